The zero-order valence-corrected chi connectivity index (χ0v) is 11.5. The first-order chi connectivity index (χ1) is 10.6. The number of alkyl halides is 3. The molecule has 0 amide bonds. The third-order valence-corrected chi connectivity index (χ3v) is 2.85. The number of aromatic nitrogens is 1. The molecule has 11 heteroatoms. The zero-order chi connectivity index (χ0) is 17.4. The number of hydrogen-bond donors (Lipinski definition) is 1. The van der Waals surface area contributed by atoms with Crippen LogP contribution in [-0.4, -0.2) is 34.0 Å². The molecule has 0 aliphatic carbocycles. The van der Waals surface area contributed by atoms with Crippen molar-refractivity contribution < 1.29 is 37.5 Å². The van der Waals surface area contributed by atoms with Crippen molar-refractivity contribution in [3.05, 3.63) is 34.0 Å². The Hall–Kier alpha value is -2.82. The molecule has 0 saturated heterocycles. The van der Waals surface area contributed by atoms with Crippen molar-refractivity contribution in [3.8, 4) is 5.75 Å². The SMILES string of the molecule is COCn1c(C(=O)O)cc2cc(OC(F)(F)F)cc([N+](=O)[O-])c21. The number of benzene rings is 1. The minimum atomic E-state index is -5.04. The number of hydrogen-bond acceptors (Lipinski definition) is 5. The number of nitrogens with zero attached hydrogens (tertiary/aromatic N) is 2. The molecular weight excluding hydrogens is 325 g/mol. The summed E-state index contributed by atoms with van der Waals surface area (Å²) in [7, 11) is 1.24. The molecule has 1 N–H and O–H groups in total. The van der Waals surface area contributed by atoms with Crippen molar-refractivity contribution in [2.45, 2.75) is 13.1 Å². The average molecular weight is 334 g/mol. The van der Waals surface area contributed by atoms with Gasteiger partial charge >= 0.3 is 12.3 Å². The minimum absolute atomic E-state index is 0.0899. The van der Waals surface area contributed by atoms with E-state index in [1.807, 2.05) is 0 Å². The number of methoxy groups -OCH3 is 1. The van der Waals surface area contributed by atoms with Crippen LogP contribution in [0.2, 0.25) is 0 Å². The van der Waals surface area contributed by atoms with Gasteiger partial charge in [0, 0.05) is 12.5 Å². The number of nitro benzene ring substituents is 1. The molecule has 0 fully saturated rings. The van der Waals surface area contributed by atoms with Gasteiger partial charge in [0.25, 0.3) is 5.69 Å². The van der Waals surface area contributed by atoms with E-state index in [0.29, 0.717) is 6.07 Å². The molecule has 0 aliphatic rings. The summed E-state index contributed by atoms with van der Waals surface area (Å²) < 4.78 is 46.3. The van der Waals surface area contributed by atoms with Crippen molar-refractivity contribution in [2.24, 2.45) is 0 Å². The number of rotatable bonds is 5. The number of fused-ring (bicyclic) bond motifs is 1. The molecule has 1 aromatic heterocycles. The molecule has 0 spiro atoms. The largest absolute Gasteiger partial charge is 0.573 e. The Bertz CT molecular complexity index is 783. The van der Waals surface area contributed by atoms with Crippen molar-refractivity contribution in [1.82, 2.24) is 4.57 Å². The second-order valence-corrected chi connectivity index (χ2v) is 4.37. The maximum atomic E-state index is 12.3. The maximum Gasteiger partial charge on any atom is 0.573 e. The Kier molecular flexibility index (Phi) is 4.14. The molecule has 0 atom stereocenters. The molecule has 1 aromatic carbocycles. The van der Waals surface area contributed by atoms with Crippen molar-refractivity contribution in [2.75, 3.05) is 7.11 Å². The highest BCUT2D eigenvalue weighted by Crippen LogP contribution is 2.35. The van der Waals surface area contributed by atoms with E-state index in [-0.39, 0.29) is 23.3 Å². The molecule has 8 nitrogen and oxygen atoms in total. The fourth-order valence-electron chi connectivity index (χ4n) is 2.14. The van der Waals surface area contributed by atoms with Crippen LogP contribution in [0, 0.1) is 10.1 Å². The highest BCUT2D eigenvalue weighted by atomic mass is 19.4. The normalized spacial score (nSPS) is 11.7. The van der Waals surface area contributed by atoms with Crippen LogP contribution in [0.25, 0.3) is 10.9 Å². The van der Waals surface area contributed by atoms with Gasteiger partial charge in [-0.3, -0.25) is 10.1 Å². The van der Waals surface area contributed by atoms with Gasteiger partial charge in [0.15, 0.2) is 0 Å². The second-order valence-electron chi connectivity index (χ2n) is 4.37. The molecule has 124 valence electrons. The summed E-state index contributed by atoms with van der Waals surface area (Å²) in [6, 6.07) is 2.45. The smallest absolute Gasteiger partial charge is 0.477 e. The third-order valence-electron chi connectivity index (χ3n) is 2.85. The van der Waals surface area contributed by atoms with E-state index >= 15 is 0 Å². The maximum absolute atomic E-state index is 12.3. The highest BCUT2D eigenvalue weighted by molar-refractivity contribution is 5.98. The first-order valence-electron chi connectivity index (χ1n) is 5.93. The Morgan fingerprint density at radius 2 is 2.04 bits per heavy atom. The minimum Gasteiger partial charge on any atom is -0.477 e. The van der Waals surface area contributed by atoms with Gasteiger partial charge in [-0.25, -0.2) is 4.79 Å². The average Bonchev–Trinajstić information content (AvgIpc) is 2.75. The molecule has 0 saturated carbocycles. The Morgan fingerprint density at radius 1 is 1.39 bits per heavy atom. The molecule has 2 aromatic rings. The van der Waals surface area contributed by atoms with Gasteiger partial charge < -0.3 is 19.1 Å². The Balaban J connectivity index is 2.77. The lowest BCUT2D eigenvalue weighted by Gasteiger charge is -2.10. The van der Waals surface area contributed by atoms with E-state index in [0.717, 1.165) is 16.7 Å². The second kappa shape index (κ2) is 5.76. The van der Waals surface area contributed by atoms with E-state index in [9.17, 15) is 28.1 Å². The summed E-state index contributed by atoms with van der Waals surface area (Å²) in [6.45, 7) is -0.328. The molecule has 23 heavy (non-hydrogen) atoms. The van der Waals surface area contributed by atoms with Gasteiger partial charge in [0.1, 0.15) is 23.7 Å². The quantitative estimate of drug-likeness (QED) is 0.666. The van der Waals surface area contributed by atoms with E-state index in [1.54, 1.807) is 0 Å². The summed E-state index contributed by atoms with van der Waals surface area (Å²) in [5, 5.41) is 20.2. The first-order valence-corrected chi connectivity index (χ1v) is 5.93. The molecule has 2 rings (SSSR count). The van der Waals surface area contributed by atoms with E-state index in [4.69, 9.17) is 9.84 Å². The van der Waals surface area contributed by atoms with Gasteiger partial charge in [-0.05, 0) is 12.1 Å². The fraction of sp³-hybridized carbons (Fsp3) is 0.250. The van der Waals surface area contributed by atoms with Crippen LogP contribution in [0.1, 0.15) is 10.5 Å². The van der Waals surface area contributed by atoms with Crippen LogP contribution >= 0.6 is 0 Å². The third kappa shape index (κ3) is 3.34. The Labute approximate surface area is 125 Å². The monoisotopic (exact) mass is 334 g/mol. The number of non-ortho nitro benzene ring substituents is 1. The zero-order valence-electron chi connectivity index (χ0n) is 11.5. The van der Waals surface area contributed by atoms with Crippen LogP contribution in [-0.2, 0) is 11.5 Å². The molecule has 0 radical (unpaired) electrons. The van der Waals surface area contributed by atoms with Crippen LogP contribution in [0.4, 0.5) is 18.9 Å². The summed E-state index contributed by atoms with van der Waals surface area (Å²) >= 11 is 0. The van der Waals surface area contributed by atoms with Crippen LogP contribution < -0.4 is 4.74 Å². The fourth-order valence-corrected chi connectivity index (χ4v) is 2.14. The van der Waals surface area contributed by atoms with E-state index < -0.39 is 28.7 Å². The van der Waals surface area contributed by atoms with Crippen molar-refractivity contribution in [3.63, 3.8) is 0 Å². The van der Waals surface area contributed by atoms with Gasteiger partial charge in [0.2, 0.25) is 0 Å². The lowest BCUT2D eigenvalue weighted by Crippen LogP contribution is -2.17. The van der Waals surface area contributed by atoms with Crippen LogP contribution in [0.15, 0.2) is 18.2 Å². The van der Waals surface area contributed by atoms with Crippen LogP contribution in [0.5, 0.6) is 5.75 Å². The predicted octanol–water partition coefficient (Wildman–Crippen LogP) is 2.75. The van der Waals surface area contributed by atoms with Crippen LogP contribution in [0.3, 0.4) is 0 Å². The first kappa shape index (κ1) is 16.5. The van der Waals surface area contributed by atoms with Crippen molar-refractivity contribution >= 4 is 22.6 Å². The number of halogens is 3. The number of nitro groups is 1. The standard InChI is InChI=1S/C12H9F3N2O6/c1-22-5-16-9(11(18)19)3-6-2-7(23-12(13,14)15)4-8(10(6)16)17(20)21/h2-4H,5H2,1H3,(H,18,19). The topological polar surface area (TPSA) is 104 Å². The summed E-state index contributed by atoms with van der Waals surface area (Å²) in [4.78, 5) is 21.4. The number of aromatic carboxylic acids is 1. The Morgan fingerprint density at radius 3 is 2.52 bits per heavy atom. The lowest BCUT2D eigenvalue weighted by molar-refractivity contribution is -0.383. The van der Waals surface area contributed by atoms with Gasteiger partial charge in [-0.15, -0.1) is 13.2 Å². The van der Waals surface area contributed by atoms with Gasteiger partial charge in [0.05, 0.1) is 11.0 Å². The lowest BCUT2D eigenvalue weighted by atomic mass is 10.2. The molecule has 0 aliphatic heterocycles. The number of carbonyl (C=O) groups is 1. The van der Waals surface area contributed by atoms with Crippen molar-refractivity contribution in [1.29, 1.82) is 0 Å². The molecule has 1 heterocycles. The highest BCUT2D eigenvalue weighted by Gasteiger charge is 2.33. The molecular formula is C12H9F3N2O6. The predicted molar refractivity (Wildman–Crippen MR) is 69.2 cm³/mol. The summed E-state index contributed by atoms with van der Waals surface area (Å²) in [5.74, 6) is -2.23. The number of carboxylic acid groups (broad SMARTS) is 1. The van der Waals surface area contributed by atoms with E-state index in [2.05, 4.69) is 4.74 Å². The van der Waals surface area contributed by atoms with Gasteiger partial charge in [-0.1, -0.05) is 0 Å². The van der Waals surface area contributed by atoms with Gasteiger partial charge in [-0.2, -0.15) is 0 Å². The van der Waals surface area contributed by atoms with E-state index in [1.165, 1.54) is 7.11 Å². The number of carboxylic acids is 1. The summed E-state index contributed by atoms with van der Waals surface area (Å²) in [6.07, 6.45) is -5.04. The molecule has 0 bridgehead atoms. The molecule has 0 unspecified atom stereocenters. The number of ether oxygens (including phenoxy) is 2. The summed E-state index contributed by atoms with van der Waals surface area (Å²) in [5.41, 5.74) is -1.27.